The van der Waals surface area contributed by atoms with Crippen LogP contribution < -0.4 is 5.32 Å². The Bertz CT molecular complexity index is 1140. The van der Waals surface area contributed by atoms with Crippen molar-refractivity contribution in [2.75, 3.05) is 12.4 Å². The molecule has 2 aromatic carbocycles. The quantitative estimate of drug-likeness (QED) is 0.496. The number of fused-ring (bicyclic) bond motifs is 1. The molecule has 8 nitrogen and oxygen atoms in total. The first-order valence-corrected chi connectivity index (χ1v) is 9.67. The molecule has 0 bridgehead atoms. The van der Waals surface area contributed by atoms with Gasteiger partial charge in [0.1, 0.15) is 11.7 Å². The van der Waals surface area contributed by atoms with E-state index in [0.717, 1.165) is 17.5 Å². The summed E-state index contributed by atoms with van der Waals surface area (Å²) in [4.78, 5) is 26.1. The molecule has 3 aromatic rings. The van der Waals surface area contributed by atoms with Gasteiger partial charge in [0, 0.05) is 10.6 Å². The maximum absolute atomic E-state index is 13.5. The van der Waals surface area contributed by atoms with Gasteiger partial charge in [0.15, 0.2) is 5.78 Å². The number of rotatable bonds is 5. The second-order valence-electron chi connectivity index (χ2n) is 6.69. The van der Waals surface area contributed by atoms with E-state index in [1.165, 1.54) is 11.8 Å². The van der Waals surface area contributed by atoms with Gasteiger partial charge in [0.05, 0.1) is 12.7 Å². The number of esters is 1. The number of carbonyl (C=O) groups is 2. The third-order valence-corrected chi connectivity index (χ3v) is 5.21. The fourth-order valence-electron chi connectivity index (χ4n) is 3.39. The van der Waals surface area contributed by atoms with Crippen LogP contribution in [0, 0.1) is 0 Å². The van der Waals surface area contributed by atoms with Gasteiger partial charge in [-0.15, -0.1) is 0 Å². The standard InChI is InChI=1S/C21H18ClN5O3/c1-3-12-4-6-13(7-5-12)18-16(19(28)14-8-10-15(22)11-9-14)17(20(29)30-2)23-21-24-25-26-27(18)21/h4-11,18H,3H2,1-2H3,(H,23,24,26)/t18-/m1/s1. The van der Waals surface area contributed by atoms with Crippen molar-refractivity contribution >= 4 is 29.3 Å². The summed E-state index contributed by atoms with van der Waals surface area (Å²) >= 11 is 5.97. The summed E-state index contributed by atoms with van der Waals surface area (Å²) < 4.78 is 6.41. The Morgan fingerprint density at radius 2 is 1.83 bits per heavy atom. The highest BCUT2D eigenvalue weighted by Crippen LogP contribution is 2.36. The Morgan fingerprint density at radius 1 is 1.13 bits per heavy atom. The van der Waals surface area contributed by atoms with Gasteiger partial charge in [-0.3, -0.25) is 4.79 Å². The number of tetrazole rings is 1. The molecule has 0 unspecified atom stereocenters. The van der Waals surface area contributed by atoms with Gasteiger partial charge in [-0.2, -0.15) is 4.68 Å². The van der Waals surface area contributed by atoms with Crippen LogP contribution in [0.3, 0.4) is 0 Å². The molecule has 0 fully saturated rings. The zero-order valence-electron chi connectivity index (χ0n) is 16.3. The van der Waals surface area contributed by atoms with Crippen LogP contribution in [0.2, 0.25) is 5.02 Å². The van der Waals surface area contributed by atoms with E-state index < -0.39 is 12.0 Å². The zero-order chi connectivity index (χ0) is 21.3. The number of hydrogen-bond acceptors (Lipinski definition) is 7. The van der Waals surface area contributed by atoms with Crippen LogP contribution in [0.5, 0.6) is 0 Å². The van der Waals surface area contributed by atoms with Gasteiger partial charge >= 0.3 is 5.97 Å². The molecule has 0 aliphatic carbocycles. The van der Waals surface area contributed by atoms with Gasteiger partial charge in [-0.25, -0.2) is 4.79 Å². The van der Waals surface area contributed by atoms with Crippen molar-refractivity contribution in [2.45, 2.75) is 19.4 Å². The number of hydrogen-bond donors (Lipinski definition) is 1. The van der Waals surface area contributed by atoms with E-state index in [9.17, 15) is 9.59 Å². The lowest BCUT2D eigenvalue weighted by atomic mass is 9.89. The predicted molar refractivity (Wildman–Crippen MR) is 110 cm³/mol. The summed E-state index contributed by atoms with van der Waals surface area (Å²) in [6, 6.07) is 13.5. The topological polar surface area (TPSA) is 99.0 Å². The second-order valence-corrected chi connectivity index (χ2v) is 7.12. The minimum absolute atomic E-state index is 0.00400. The lowest BCUT2D eigenvalue weighted by Crippen LogP contribution is -2.32. The molecule has 1 aromatic heterocycles. The lowest BCUT2D eigenvalue weighted by molar-refractivity contribution is -0.136. The van der Waals surface area contributed by atoms with Crippen molar-refractivity contribution in [3.8, 4) is 0 Å². The van der Waals surface area contributed by atoms with Crippen molar-refractivity contribution in [3.63, 3.8) is 0 Å². The van der Waals surface area contributed by atoms with Crippen molar-refractivity contribution < 1.29 is 14.3 Å². The SMILES string of the molecule is CCc1ccc([C@@H]2C(C(=O)c3ccc(Cl)cc3)=C(C(=O)OC)Nc3nnnn32)cc1. The summed E-state index contributed by atoms with van der Waals surface area (Å²) in [5, 5.41) is 15.0. The van der Waals surface area contributed by atoms with Gasteiger partial charge in [-0.05, 0) is 52.2 Å². The van der Waals surface area contributed by atoms with Crippen LogP contribution in [0.4, 0.5) is 5.95 Å². The largest absolute Gasteiger partial charge is 0.464 e. The number of methoxy groups -OCH3 is 1. The van der Waals surface area contributed by atoms with Gasteiger partial charge in [0.25, 0.3) is 0 Å². The number of nitrogens with zero attached hydrogens (tertiary/aromatic N) is 4. The Kier molecular flexibility index (Phi) is 5.33. The first-order chi connectivity index (χ1) is 14.5. The van der Waals surface area contributed by atoms with Crippen LogP contribution in [0.1, 0.15) is 34.5 Å². The molecule has 1 aliphatic rings. The number of Topliss-reactive ketones (excluding diaryl/α,β-unsaturated/α-hetero) is 1. The van der Waals surface area contributed by atoms with Crippen LogP contribution >= 0.6 is 11.6 Å². The average molecular weight is 424 g/mol. The number of benzene rings is 2. The molecule has 4 rings (SSSR count). The Hall–Kier alpha value is -3.52. The molecule has 1 aliphatic heterocycles. The Balaban J connectivity index is 1.92. The number of allylic oxidation sites excluding steroid dienone is 1. The molecule has 1 atom stereocenters. The smallest absolute Gasteiger partial charge is 0.355 e. The normalized spacial score (nSPS) is 15.4. The first-order valence-electron chi connectivity index (χ1n) is 9.30. The molecular weight excluding hydrogens is 406 g/mol. The van der Waals surface area contributed by atoms with Crippen LogP contribution in [-0.4, -0.2) is 39.1 Å². The molecule has 0 saturated heterocycles. The summed E-state index contributed by atoms with van der Waals surface area (Å²) in [6.45, 7) is 2.06. The van der Waals surface area contributed by atoms with E-state index in [1.54, 1.807) is 24.3 Å². The number of aromatic nitrogens is 4. The number of anilines is 1. The van der Waals surface area contributed by atoms with Gasteiger partial charge in [0.2, 0.25) is 5.95 Å². The minimum atomic E-state index is -0.709. The summed E-state index contributed by atoms with van der Waals surface area (Å²) in [7, 11) is 1.25. The van der Waals surface area contributed by atoms with E-state index in [4.69, 9.17) is 16.3 Å². The molecule has 30 heavy (non-hydrogen) atoms. The molecule has 0 spiro atoms. The number of carbonyl (C=O) groups excluding carboxylic acids is 2. The van der Waals surface area contributed by atoms with Gasteiger partial charge in [-0.1, -0.05) is 47.9 Å². The Labute approximate surface area is 177 Å². The summed E-state index contributed by atoms with van der Waals surface area (Å²) in [6.07, 6.45) is 0.877. The zero-order valence-corrected chi connectivity index (χ0v) is 17.1. The highest BCUT2D eigenvalue weighted by molar-refractivity contribution is 6.30. The number of halogens is 1. The van der Waals surface area contributed by atoms with Gasteiger partial charge < -0.3 is 10.1 Å². The lowest BCUT2D eigenvalue weighted by Gasteiger charge is -2.28. The maximum Gasteiger partial charge on any atom is 0.355 e. The first kappa shape index (κ1) is 19.8. The van der Waals surface area contributed by atoms with E-state index in [-0.39, 0.29) is 23.0 Å². The number of nitrogens with one attached hydrogen (secondary N) is 1. The average Bonchev–Trinajstić information content (AvgIpc) is 3.26. The molecule has 152 valence electrons. The molecule has 0 amide bonds. The number of aryl methyl sites for hydroxylation is 1. The Morgan fingerprint density at radius 3 is 2.47 bits per heavy atom. The highest BCUT2D eigenvalue weighted by Gasteiger charge is 2.38. The minimum Gasteiger partial charge on any atom is -0.464 e. The molecule has 9 heteroatoms. The molecule has 2 heterocycles. The third kappa shape index (κ3) is 3.46. The summed E-state index contributed by atoms with van der Waals surface area (Å²) in [5.74, 6) is -0.797. The monoisotopic (exact) mass is 423 g/mol. The van der Waals surface area contributed by atoms with E-state index in [2.05, 4.69) is 27.8 Å². The van der Waals surface area contributed by atoms with Crippen molar-refractivity contribution in [1.29, 1.82) is 0 Å². The van der Waals surface area contributed by atoms with E-state index in [1.807, 2.05) is 24.3 Å². The van der Waals surface area contributed by atoms with Crippen LogP contribution in [0.25, 0.3) is 0 Å². The summed E-state index contributed by atoms with van der Waals surface area (Å²) in [5.41, 5.74) is 2.48. The predicted octanol–water partition coefficient (Wildman–Crippen LogP) is 3.21. The maximum atomic E-state index is 13.5. The molecule has 0 radical (unpaired) electrons. The van der Waals surface area contributed by atoms with Crippen LogP contribution in [-0.2, 0) is 16.0 Å². The number of ketones is 1. The molecule has 1 N–H and O–H groups in total. The third-order valence-electron chi connectivity index (χ3n) is 4.96. The van der Waals surface area contributed by atoms with E-state index >= 15 is 0 Å². The fourth-order valence-corrected chi connectivity index (χ4v) is 3.51. The van der Waals surface area contributed by atoms with Crippen molar-refractivity contribution in [3.05, 3.63) is 81.5 Å². The highest BCUT2D eigenvalue weighted by atomic mass is 35.5. The fraction of sp³-hybridized carbons (Fsp3) is 0.190. The molecular formula is C21H18ClN5O3. The second kappa shape index (κ2) is 8.08. The molecule has 0 saturated carbocycles. The van der Waals surface area contributed by atoms with Crippen molar-refractivity contribution in [1.82, 2.24) is 20.2 Å². The van der Waals surface area contributed by atoms with E-state index in [0.29, 0.717) is 10.6 Å². The van der Waals surface area contributed by atoms with Crippen LogP contribution in [0.15, 0.2) is 59.8 Å². The number of ether oxygens (including phenoxy) is 1. The van der Waals surface area contributed by atoms with Crippen molar-refractivity contribution in [2.24, 2.45) is 0 Å².